The third kappa shape index (κ3) is 21.3. The minimum Gasteiger partial charge on any atom is -0.298 e. The van der Waals surface area contributed by atoms with Crippen molar-refractivity contribution in [2.75, 3.05) is 0 Å². The highest BCUT2D eigenvalue weighted by atomic mass is 79.9. The summed E-state index contributed by atoms with van der Waals surface area (Å²) < 4.78 is 1.68. The Morgan fingerprint density at radius 1 is 0.203 bits per heavy atom. The Hall–Kier alpha value is -16.3. The first-order chi connectivity index (χ1) is 65.5. The molecule has 2 nitrogen and oxygen atoms in total. The van der Waals surface area contributed by atoms with E-state index >= 15 is 0 Å². The van der Waals surface area contributed by atoms with E-state index in [1.807, 2.05) is 115 Å². The molecule has 0 N–H and O–H groups in total. The molecule has 0 aromatic heterocycles. The second kappa shape index (κ2) is 41.8. The quantitative estimate of drug-likeness (QED) is 0.107. The van der Waals surface area contributed by atoms with Gasteiger partial charge in [-0.2, -0.15) is 0 Å². The van der Waals surface area contributed by atoms with Gasteiger partial charge in [0.15, 0.2) is 12.6 Å². The molecule has 0 unspecified atom stereocenters. The van der Waals surface area contributed by atoms with Crippen molar-refractivity contribution in [3.05, 3.63) is 531 Å². The van der Waals surface area contributed by atoms with Crippen LogP contribution in [-0.4, -0.2) is 12.6 Å². The minimum absolute atomic E-state index is 0.589. The summed E-state index contributed by atoms with van der Waals surface area (Å²) in [5.74, 6) is 22.3. The summed E-state index contributed by atoms with van der Waals surface area (Å²) in [6, 6.07) is 161. The third-order valence-electron chi connectivity index (χ3n) is 23.4. The maximum Gasteiger partial charge on any atom is 0.151 e. The van der Waals surface area contributed by atoms with Gasteiger partial charge in [-0.25, -0.2) is 0 Å². The summed E-state index contributed by atoms with van der Waals surface area (Å²) in [4.78, 5) is 23.8. The topological polar surface area (TPSA) is 34.1 Å². The molecule has 0 bridgehead atoms. The van der Waals surface area contributed by atoms with Gasteiger partial charge in [-0.05, 0) is 330 Å². The van der Waals surface area contributed by atoms with Crippen LogP contribution in [0.3, 0.4) is 0 Å². The van der Waals surface area contributed by atoms with Gasteiger partial charge in [0.05, 0.1) is 3.39 Å². The Labute approximate surface area is 800 Å². The number of hydrogen-bond donors (Lipinski definition) is 0. The Balaban J connectivity index is 0.000000117. The van der Waals surface area contributed by atoms with E-state index in [0.29, 0.717) is 11.1 Å². The van der Waals surface area contributed by atoms with Crippen LogP contribution in [0.2, 0.25) is 0 Å². The first-order valence-electron chi connectivity index (χ1n) is 43.7. The van der Waals surface area contributed by atoms with Crippen molar-refractivity contribution >= 4 is 153 Å². The fraction of sp³-hybridized carbons (Fsp3) is 0. The Morgan fingerprint density at radius 2 is 0.429 bits per heavy atom. The van der Waals surface area contributed by atoms with Gasteiger partial charge in [0.2, 0.25) is 0 Å². The van der Waals surface area contributed by atoms with Gasteiger partial charge in [-0.15, -0.1) is 6.42 Å². The molecule has 22 rings (SSSR count). The monoisotopic (exact) mass is 1890 g/mol. The predicted molar refractivity (Wildman–Crippen MR) is 574 cm³/mol. The molecule has 626 valence electrons. The standard InChI is InChI=1S/C36H22Br2.C35H22O.C27H17BrO.C22H14.C8H6/c37-36(38)24-33-23-35(32-19-17-27-11-5-7-13-29(27)21-32)34(22-30(33)15-14-25-8-2-1-3-9-25)31-18-16-26-10-4-6-12-28(26)20-31;36-24-33-23-35(32-19-17-27-11-5-7-13-29(27)21-32)34(22-30(33)15-14-25-8-2-1-3-9-25)31-18-16-26-10-4-6-12-28(26)20-31;28-27-16-26(23-12-10-19-6-2-4-8-21(19)14-23)25(15-24(27)17-29)22-11-9-18-5-1-3-7-20(18)13-22;1-3-7-21-15-17(11-13-19(21)5-1)9-10-18-12-14-20-6-2-4-8-22(20)16-18;1-2-8-6-4-3-5-7-8/h1-13,16-24H;1-13,16-24H;1-17H;1-8,11-16H;1,3-7H. The zero-order chi connectivity index (χ0) is 90.6. The molecule has 0 aliphatic heterocycles. The molecule has 0 saturated carbocycles. The first kappa shape index (κ1) is 87.4. The molecular weight excluding hydrogens is 1810 g/mol. The summed E-state index contributed by atoms with van der Waals surface area (Å²) in [6.45, 7) is 0. The molecule has 0 fully saturated rings. The van der Waals surface area contributed by atoms with Crippen molar-refractivity contribution in [1.82, 2.24) is 0 Å². The van der Waals surface area contributed by atoms with Crippen LogP contribution in [0.15, 0.2) is 475 Å². The largest absolute Gasteiger partial charge is 0.298 e. The van der Waals surface area contributed by atoms with Crippen molar-refractivity contribution < 1.29 is 9.59 Å². The molecule has 0 amide bonds. The van der Waals surface area contributed by atoms with E-state index in [9.17, 15) is 9.59 Å². The number of fused-ring (bicyclic) bond motifs is 8. The lowest BCUT2D eigenvalue weighted by molar-refractivity contribution is 0.111. The number of aldehydes is 2. The fourth-order valence-electron chi connectivity index (χ4n) is 16.6. The van der Waals surface area contributed by atoms with E-state index in [4.69, 9.17) is 6.42 Å². The number of rotatable bonds is 9. The maximum atomic E-state index is 12.2. The van der Waals surface area contributed by atoms with Crippen LogP contribution in [0.4, 0.5) is 0 Å². The van der Waals surface area contributed by atoms with Crippen LogP contribution >= 0.6 is 47.8 Å². The van der Waals surface area contributed by atoms with Crippen LogP contribution in [0.25, 0.3) is 159 Å². The molecule has 0 aliphatic rings. The predicted octanol–water partition coefficient (Wildman–Crippen LogP) is 34.3. The van der Waals surface area contributed by atoms with E-state index in [1.165, 1.54) is 103 Å². The van der Waals surface area contributed by atoms with Crippen molar-refractivity contribution in [1.29, 1.82) is 0 Å². The summed E-state index contributed by atoms with van der Waals surface area (Å²) in [7, 11) is 0. The van der Waals surface area contributed by atoms with Crippen molar-refractivity contribution in [2.45, 2.75) is 0 Å². The van der Waals surface area contributed by atoms with Crippen molar-refractivity contribution in [3.8, 4) is 115 Å². The second-order valence-electron chi connectivity index (χ2n) is 32.0. The summed E-state index contributed by atoms with van der Waals surface area (Å²) in [6.07, 6.45) is 8.98. The number of carbonyl (C=O) groups is 2. The van der Waals surface area contributed by atoms with Crippen LogP contribution in [0, 0.1) is 47.9 Å². The van der Waals surface area contributed by atoms with Gasteiger partial charge in [-0.3, -0.25) is 9.59 Å². The summed E-state index contributed by atoms with van der Waals surface area (Å²) in [5, 5.41) is 19.4. The number of hydrogen-bond acceptors (Lipinski definition) is 2. The Morgan fingerprint density at radius 3 is 0.707 bits per heavy atom. The van der Waals surface area contributed by atoms with Crippen LogP contribution < -0.4 is 0 Å². The molecule has 0 heterocycles. The lowest BCUT2D eigenvalue weighted by Gasteiger charge is -2.15. The molecule has 22 aromatic rings. The lowest BCUT2D eigenvalue weighted by atomic mass is 9.88. The van der Waals surface area contributed by atoms with Gasteiger partial charge in [0, 0.05) is 54.5 Å². The van der Waals surface area contributed by atoms with Gasteiger partial charge in [0.25, 0.3) is 0 Å². The number of halogens is 3. The highest BCUT2D eigenvalue weighted by Crippen LogP contribution is 2.43. The zero-order valence-electron chi connectivity index (χ0n) is 72.2. The normalized spacial score (nSPS) is 10.5. The fourth-order valence-corrected chi connectivity index (χ4v) is 17.5. The molecule has 0 saturated heterocycles. The molecule has 0 aliphatic carbocycles. The molecule has 0 radical (unpaired) electrons. The van der Waals surface area contributed by atoms with E-state index in [-0.39, 0.29) is 0 Å². The molecule has 22 aromatic carbocycles. The van der Waals surface area contributed by atoms with E-state index < -0.39 is 0 Å². The highest BCUT2D eigenvalue weighted by molar-refractivity contribution is 9.28. The van der Waals surface area contributed by atoms with E-state index in [2.05, 4.69) is 447 Å². The Kier molecular flexibility index (Phi) is 27.5. The van der Waals surface area contributed by atoms with Gasteiger partial charge < -0.3 is 0 Å². The smallest absolute Gasteiger partial charge is 0.151 e. The molecular formula is C128H81Br3O2. The summed E-state index contributed by atoms with van der Waals surface area (Å²) >= 11 is 10.7. The average molecular weight is 1890 g/mol. The number of benzene rings is 22. The number of carbonyl (C=O) groups excluding carboxylic acids is 2. The zero-order valence-corrected chi connectivity index (χ0v) is 77.0. The Bertz CT molecular complexity index is 8350. The van der Waals surface area contributed by atoms with Crippen LogP contribution in [0.5, 0.6) is 0 Å². The third-order valence-corrected chi connectivity index (χ3v) is 24.6. The van der Waals surface area contributed by atoms with Crippen LogP contribution in [-0.2, 0) is 0 Å². The molecule has 5 heteroatoms. The lowest BCUT2D eigenvalue weighted by Crippen LogP contribution is -1.94. The van der Waals surface area contributed by atoms with Gasteiger partial charge in [-0.1, -0.05) is 391 Å². The molecule has 133 heavy (non-hydrogen) atoms. The van der Waals surface area contributed by atoms with Crippen LogP contribution in [0.1, 0.15) is 65.2 Å². The van der Waals surface area contributed by atoms with Gasteiger partial charge in [0.1, 0.15) is 0 Å². The van der Waals surface area contributed by atoms with Gasteiger partial charge >= 0.3 is 0 Å². The minimum atomic E-state index is 0.589. The maximum absolute atomic E-state index is 12.2. The van der Waals surface area contributed by atoms with E-state index in [0.717, 1.165) is 115 Å². The SMILES string of the molecule is BrC(Br)=Cc1cc(-c2ccc3ccccc3c2)c(-c2ccc3ccccc3c2)cc1C#Cc1ccccc1.C#Cc1ccccc1.C(#Cc1ccc2ccccc2c1)c1ccc2ccccc2c1.O=Cc1cc(-c2ccc3ccccc3c2)c(-c2ccc3ccccc3c2)cc1Br.O=Cc1cc(-c2ccc3ccccc3c2)c(-c2ccc3ccccc3c2)cc1C#Cc1ccccc1. The number of terminal acetylenes is 1. The van der Waals surface area contributed by atoms with E-state index in [1.54, 1.807) is 0 Å². The summed E-state index contributed by atoms with van der Waals surface area (Å²) in [5.41, 5.74) is 22.2. The highest BCUT2D eigenvalue weighted by Gasteiger charge is 2.19. The van der Waals surface area contributed by atoms with Crippen molar-refractivity contribution in [2.24, 2.45) is 0 Å². The second-order valence-corrected chi connectivity index (χ2v) is 35.7. The molecule has 0 atom stereocenters. The molecule has 0 spiro atoms. The average Bonchev–Trinajstić information content (AvgIpc) is 0.769. The first-order valence-corrected chi connectivity index (χ1v) is 46.1. The van der Waals surface area contributed by atoms with Crippen molar-refractivity contribution in [3.63, 3.8) is 0 Å².